The van der Waals surface area contributed by atoms with Gasteiger partial charge in [0, 0.05) is 24.2 Å². The molecule has 0 fully saturated rings. The van der Waals surface area contributed by atoms with Crippen molar-refractivity contribution < 1.29 is 23.8 Å². The lowest BCUT2D eigenvalue weighted by Crippen LogP contribution is -2.18. The van der Waals surface area contributed by atoms with Crippen LogP contribution in [0, 0.1) is 5.82 Å². The van der Waals surface area contributed by atoms with Gasteiger partial charge < -0.3 is 14.4 Å². The van der Waals surface area contributed by atoms with Gasteiger partial charge in [0.1, 0.15) is 11.6 Å². The SMILES string of the molecule is CCOC(=O)C(=O)/C=C(\O)c1cn(Cc2ccc(F)c(Cl)c2)c2c(Cl)cccc2c1=O. The number of ether oxygens (including phenoxy) is 1. The summed E-state index contributed by atoms with van der Waals surface area (Å²) >= 11 is 12.2. The van der Waals surface area contributed by atoms with Crippen molar-refractivity contribution in [3.8, 4) is 0 Å². The third-order valence-corrected chi connectivity index (χ3v) is 5.00. The van der Waals surface area contributed by atoms with Gasteiger partial charge in [0.25, 0.3) is 5.78 Å². The number of carbonyl (C=O) groups excluding carboxylic acids is 2. The number of rotatable bonds is 6. The number of esters is 1. The third kappa shape index (κ3) is 4.78. The average Bonchev–Trinajstić information content (AvgIpc) is 2.72. The number of para-hydroxylation sites is 1. The van der Waals surface area contributed by atoms with E-state index in [0.717, 1.165) is 0 Å². The second-order valence-electron chi connectivity index (χ2n) is 6.50. The first-order valence-electron chi connectivity index (χ1n) is 9.10. The number of ketones is 1. The summed E-state index contributed by atoms with van der Waals surface area (Å²) in [5.74, 6) is -3.54. The van der Waals surface area contributed by atoms with E-state index >= 15 is 0 Å². The predicted octanol–water partition coefficient (Wildman–Crippen LogP) is 4.53. The minimum Gasteiger partial charge on any atom is -0.507 e. The molecule has 0 saturated carbocycles. The number of nitrogens with zero attached hydrogens (tertiary/aromatic N) is 1. The lowest BCUT2D eigenvalue weighted by atomic mass is 10.1. The second kappa shape index (κ2) is 9.32. The molecule has 0 aliphatic carbocycles. The molecule has 0 unspecified atom stereocenters. The number of halogens is 3. The highest BCUT2D eigenvalue weighted by Gasteiger charge is 2.18. The van der Waals surface area contributed by atoms with E-state index in [9.17, 15) is 23.9 Å². The van der Waals surface area contributed by atoms with Crippen molar-refractivity contribution in [1.29, 1.82) is 0 Å². The van der Waals surface area contributed by atoms with Gasteiger partial charge in [-0.25, -0.2) is 9.18 Å². The lowest BCUT2D eigenvalue weighted by Gasteiger charge is -2.15. The van der Waals surface area contributed by atoms with Gasteiger partial charge >= 0.3 is 5.97 Å². The number of hydrogen-bond donors (Lipinski definition) is 1. The van der Waals surface area contributed by atoms with Gasteiger partial charge in [-0.1, -0.05) is 35.3 Å². The highest BCUT2D eigenvalue weighted by molar-refractivity contribution is 6.39. The fourth-order valence-corrected chi connectivity index (χ4v) is 3.51. The summed E-state index contributed by atoms with van der Waals surface area (Å²) in [6, 6.07) is 8.83. The third-order valence-electron chi connectivity index (χ3n) is 4.41. The molecule has 3 rings (SSSR count). The first-order chi connectivity index (χ1) is 14.7. The number of aliphatic hydroxyl groups is 1. The maximum absolute atomic E-state index is 13.5. The largest absolute Gasteiger partial charge is 0.507 e. The van der Waals surface area contributed by atoms with E-state index in [1.54, 1.807) is 16.7 Å². The summed E-state index contributed by atoms with van der Waals surface area (Å²) in [7, 11) is 0. The smallest absolute Gasteiger partial charge is 0.379 e. The highest BCUT2D eigenvalue weighted by Crippen LogP contribution is 2.25. The molecule has 31 heavy (non-hydrogen) atoms. The molecule has 9 heteroatoms. The van der Waals surface area contributed by atoms with Gasteiger partial charge in [-0.05, 0) is 36.8 Å². The number of carbonyl (C=O) groups is 2. The standard InChI is InChI=1S/C22H16Cl2FNO5/c1-2-31-22(30)19(28)9-18(27)14-11-26(10-12-6-7-17(25)16(24)8-12)20-13(21(14)29)4-3-5-15(20)23/h3-9,11,27H,2,10H2,1H3/b18-9-. The summed E-state index contributed by atoms with van der Waals surface area (Å²) in [5.41, 5.74) is 0.174. The fourth-order valence-electron chi connectivity index (χ4n) is 3.02. The number of aliphatic hydroxyl groups excluding tert-OH is 1. The summed E-state index contributed by atoms with van der Waals surface area (Å²) in [5, 5.41) is 10.8. The van der Waals surface area contributed by atoms with Crippen molar-refractivity contribution in [2.75, 3.05) is 6.61 Å². The van der Waals surface area contributed by atoms with Crippen molar-refractivity contribution in [1.82, 2.24) is 4.57 Å². The number of aromatic nitrogens is 1. The molecule has 160 valence electrons. The molecule has 0 amide bonds. The molecule has 0 saturated heterocycles. The van der Waals surface area contributed by atoms with E-state index in [1.165, 1.54) is 37.4 Å². The molecule has 0 radical (unpaired) electrons. The lowest BCUT2D eigenvalue weighted by molar-refractivity contribution is -0.151. The van der Waals surface area contributed by atoms with Crippen LogP contribution in [0.5, 0.6) is 0 Å². The van der Waals surface area contributed by atoms with Crippen LogP contribution in [0.25, 0.3) is 16.7 Å². The molecule has 0 aliphatic heterocycles. The number of pyridine rings is 1. The minimum absolute atomic E-state index is 0.0132. The molecule has 0 atom stereocenters. The van der Waals surface area contributed by atoms with Crippen LogP contribution >= 0.6 is 23.2 Å². The minimum atomic E-state index is -1.15. The van der Waals surface area contributed by atoms with E-state index in [2.05, 4.69) is 4.74 Å². The van der Waals surface area contributed by atoms with Gasteiger partial charge in [0.15, 0.2) is 5.43 Å². The topological polar surface area (TPSA) is 85.6 Å². The molecule has 0 spiro atoms. The van der Waals surface area contributed by atoms with Crippen molar-refractivity contribution in [2.45, 2.75) is 13.5 Å². The van der Waals surface area contributed by atoms with Crippen LogP contribution in [-0.4, -0.2) is 28.0 Å². The molecule has 3 aromatic rings. The van der Waals surface area contributed by atoms with Gasteiger partial charge in [0.05, 0.1) is 27.7 Å². The normalized spacial score (nSPS) is 11.5. The maximum Gasteiger partial charge on any atom is 0.379 e. The van der Waals surface area contributed by atoms with Crippen molar-refractivity contribution in [3.63, 3.8) is 0 Å². The van der Waals surface area contributed by atoms with Crippen molar-refractivity contribution >= 4 is 51.6 Å². The monoisotopic (exact) mass is 463 g/mol. The molecule has 0 aliphatic rings. The Morgan fingerprint density at radius 1 is 1.19 bits per heavy atom. The predicted molar refractivity (Wildman–Crippen MR) is 116 cm³/mol. The molecular formula is C22H16Cl2FNO5. The van der Waals surface area contributed by atoms with Crippen molar-refractivity contribution in [3.05, 3.63) is 85.9 Å². The Labute approximate surface area is 186 Å². The Balaban J connectivity index is 2.16. The summed E-state index contributed by atoms with van der Waals surface area (Å²) in [6.45, 7) is 1.65. The number of fused-ring (bicyclic) bond motifs is 1. The van der Waals surface area contributed by atoms with E-state index in [0.29, 0.717) is 17.2 Å². The van der Waals surface area contributed by atoms with Gasteiger partial charge in [-0.15, -0.1) is 0 Å². The molecule has 1 heterocycles. The van der Waals surface area contributed by atoms with Crippen LogP contribution in [0.15, 0.2) is 53.5 Å². The van der Waals surface area contributed by atoms with E-state index < -0.39 is 28.8 Å². The zero-order valence-electron chi connectivity index (χ0n) is 16.2. The molecule has 1 aromatic heterocycles. The maximum atomic E-state index is 13.5. The fraction of sp³-hybridized carbons (Fsp3) is 0.136. The van der Waals surface area contributed by atoms with E-state index in [1.807, 2.05) is 0 Å². The van der Waals surface area contributed by atoms with Crippen LogP contribution in [0.4, 0.5) is 4.39 Å². The Hall–Kier alpha value is -3.16. The van der Waals surface area contributed by atoms with Crippen LogP contribution < -0.4 is 5.43 Å². The molecule has 6 nitrogen and oxygen atoms in total. The molecule has 0 bridgehead atoms. The van der Waals surface area contributed by atoms with Crippen molar-refractivity contribution in [2.24, 2.45) is 0 Å². The zero-order valence-corrected chi connectivity index (χ0v) is 17.7. The Bertz CT molecular complexity index is 1280. The number of benzene rings is 2. The average molecular weight is 464 g/mol. The Morgan fingerprint density at radius 3 is 2.61 bits per heavy atom. The van der Waals surface area contributed by atoms with E-state index in [-0.39, 0.29) is 34.1 Å². The van der Waals surface area contributed by atoms with Crippen LogP contribution in [0.1, 0.15) is 18.1 Å². The van der Waals surface area contributed by atoms with E-state index in [4.69, 9.17) is 23.2 Å². The Morgan fingerprint density at radius 2 is 1.94 bits per heavy atom. The Kier molecular flexibility index (Phi) is 6.77. The summed E-state index contributed by atoms with van der Waals surface area (Å²) < 4.78 is 19.7. The van der Waals surface area contributed by atoms with Gasteiger partial charge in [-0.2, -0.15) is 0 Å². The highest BCUT2D eigenvalue weighted by atomic mass is 35.5. The summed E-state index contributed by atoms with van der Waals surface area (Å²) in [6.07, 6.45) is 1.93. The zero-order chi connectivity index (χ0) is 22.7. The van der Waals surface area contributed by atoms with Crippen LogP contribution in [0.3, 0.4) is 0 Å². The molecular weight excluding hydrogens is 448 g/mol. The second-order valence-corrected chi connectivity index (χ2v) is 7.31. The van der Waals surface area contributed by atoms with Gasteiger partial charge in [-0.3, -0.25) is 9.59 Å². The molecule has 2 aromatic carbocycles. The van der Waals surface area contributed by atoms with Crippen LogP contribution in [0.2, 0.25) is 10.0 Å². The first-order valence-corrected chi connectivity index (χ1v) is 9.86. The van der Waals surface area contributed by atoms with Gasteiger partial charge in [0.2, 0.25) is 0 Å². The quantitative estimate of drug-likeness (QED) is 0.251. The van der Waals surface area contributed by atoms with Crippen LogP contribution in [-0.2, 0) is 20.9 Å². The first kappa shape index (κ1) is 22.5. The molecule has 1 N–H and O–H groups in total. The number of hydrogen-bond acceptors (Lipinski definition) is 5. The summed E-state index contributed by atoms with van der Waals surface area (Å²) in [4.78, 5) is 36.4.